The highest BCUT2D eigenvalue weighted by Gasteiger charge is 2.21. The third kappa shape index (κ3) is 9.52. The lowest BCUT2D eigenvalue weighted by atomic mass is 9.85. The lowest BCUT2D eigenvalue weighted by molar-refractivity contribution is 0.590. The largest absolute Gasteiger partial charge is 0.212 e. The van der Waals surface area contributed by atoms with E-state index in [-0.39, 0.29) is 10.8 Å². The molecule has 0 aliphatic heterocycles. The van der Waals surface area contributed by atoms with E-state index in [2.05, 4.69) is 202 Å². The van der Waals surface area contributed by atoms with Crippen molar-refractivity contribution >= 4 is 0 Å². The Morgan fingerprint density at radius 2 is 0.966 bits per heavy atom. The summed E-state index contributed by atoms with van der Waals surface area (Å²) in [4.78, 5) is 5.36. The molecule has 3 heteroatoms. The van der Waals surface area contributed by atoms with Gasteiger partial charge in [-0.25, -0.2) is 9.67 Å². The van der Waals surface area contributed by atoms with Crippen LogP contribution in [0.2, 0.25) is 0 Å². The van der Waals surface area contributed by atoms with Crippen LogP contribution < -0.4 is 0 Å². The van der Waals surface area contributed by atoms with E-state index in [1.54, 1.807) is 0 Å². The first kappa shape index (κ1) is 41.6. The van der Waals surface area contributed by atoms with Gasteiger partial charge in [-0.3, -0.25) is 0 Å². The standard InChI is InChI=1S/C56H63N3/c1-12-13-14-15-17-41-31-39(4)52(40(5)32-41)59-54(57-53(58-59)49-29-37(2)28-38(3)30-49)45-19-16-18-44(33-45)48-35-46(42-20-24-50(25-21-42)55(6,7)8)34-47(36-48)43-22-26-51(27-23-43)56(9,10)11/h16,18-36H,12-15,17H2,1-11H3. The molecule has 0 atom stereocenters. The van der Waals surface area contributed by atoms with Gasteiger partial charge in [0.05, 0.1) is 5.69 Å². The molecule has 0 radical (unpaired) electrons. The van der Waals surface area contributed by atoms with Crippen LogP contribution in [0.3, 0.4) is 0 Å². The first-order valence-corrected chi connectivity index (χ1v) is 21.7. The van der Waals surface area contributed by atoms with Crippen molar-refractivity contribution in [3.05, 3.63) is 160 Å². The maximum atomic E-state index is 5.36. The SMILES string of the molecule is CCCCCCc1cc(C)c(-n2nc(-c3cc(C)cc(C)c3)nc2-c2cccc(-c3cc(-c4ccc(C(C)(C)C)cc4)cc(-c4ccc(C(C)(C)C)cc4)c3)c2)c(C)c1. The highest BCUT2D eigenvalue weighted by Crippen LogP contribution is 2.37. The average Bonchev–Trinajstić information content (AvgIpc) is 3.63. The quantitative estimate of drug-likeness (QED) is 0.122. The highest BCUT2D eigenvalue weighted by molar-refractivity contribution is 5.83. The summed E-state index contributed by atoms with van der Waals surface area (Å²) in [6.45, 7) is 24.6. The van der Waals surface area contributed by atoms with E-state index in [1.165, 1.54) is 92.4 Å². The van der Waals surface area contributed by atoms with Gasteiger partial charge in [0.25, 0.3) is 0 Å². The normalized spacial score (nSPS) is 12.0. The van der Waals surface area contributed by atoms with Crippen molar-refractivity contribution in [2.75, 3.05) is 0 Å². The molecule has 59 heavy (non-hydrogen) atoms. The van der Waals surface area contributed by atoms with Crippen LogP contribution in [0, 0.1) is 27.7 Å². The number of benzene rings is 6. The van der Waals surface area contributed by atoms with E-state index in [0.29, 0.717) is 0 Å². The van der Waals surface area contributed by atoms with Crippen LogP contribution in [0.25, 0.3) is 61.8 Å². The van der Waals surface area contributed by atoms with E-state index in [9.17, 15) is 0 Å². The molecule has 6 aromatic carbocycles. The van der Waals surface area contributed by atoms with E-state index >= 15 is 0 Å². The van der Waals surface area contributed by atoms with E-state index in [0.717, 1.165) is 40.4 Å². The molecule has 0 N–H and O–H groups in total. The molecule has 7 rings (SSSR count). The molecule has 0 bridgehead atoms. The minimum atomic E-state index is 0.0900. The number of hydrogen-bond acceptors (Lipinski definition) is 2. The summed E-state index contributed by atoms with van der Waals surface area (Å²) >= 11 is 0. The Morgan fingerprint density at radius 1 is 0.475 bits per heavy atom. The van der Waals surface area contributed by atoms with Crippen molar-refractivity contribution in [2.24, 2.45) is 0 Å². The average molecular weight is 778 g/mol. The Kier molecular flexibility index (Phi) is 12.0. The summed E-state index contributed by atoms with van der Waals surface area (Å²) in [5, 5.41) is 5.31. The molecule has 302 valence electrons. The third-order valence-electron chi connectivity index (χ3n) is 11.7. The summed E-state index contributed by atoms with van der Waals surface area (Å²) in [5.41, 5.74) is 19.4. The molecule has 0 saturated heterocycles. The van der Waals surface area contributed by atoms with Gasteiger partial charge < -0.3 is 0 Å². The molecular weight excluding hydrogens is 715 g/mol. The highest BCUT2D eigenvalue weighted by atomic mass is 15.4. The molecule has 1 heterocycles. The molecule has 0 amide bonds. The number of rotatable bonds is 11. The molecule has 0 unspecified atom stereocenters. The Hall–Kier alpha value is -5.54. The molecule has 0 spiro atoms. The fraction of sp³-hybridized carbons (Fsp3) is 0.321. The van der Waals surface area contributed by atoms with Crippen LogP contribution in [0.1, 0.15) is 113 Å². The number of aryl methyl sites for hydroxylation is 5. The topological polar surface area (TPSA) is 30.7 Å². The minimum Gasteiger partial charge on any atom is -0.212 e. The van der Waals surface area contributed by atoms with Crippen LogP contribution in [0.4, 0.5) is 0 Å². The summed E-state index contributed by atoms with van der Waals surface area (Å²) in [7, 11) is 0. The van der Waals surface area contributed by atoms with Crippen LogP contribution in [-0.2, 0) is 17.3 Å². The molecule has 1 aromatic heterocycles. The van der Waals surface area contributed by atoms with Crippen molar-refractivity contribution in [3.63, 3.8) is 0 Å². The number of hydrogen-bond donors (Lipinski definition) is 0. The molecule has 0 fully saturated rings. The van der Waals surface area contributed by atoms with E-state index in [4.69, 9.17) is 10.1 Å². The summed E-state index contributed by atoms with van der Waals surface area (Å²) < 4.78 is 2.10. The first-order valence-electron chi connectivity index (χ1n) is 21.7. The second-order valence-electron chi connectivity index (χ2n) is 19.0. The van der Waals surface area contributed by atoms with Crippen LogP contribution in [0.15, 0.2) is 121 Å². The zero-order valence-electron chi connectivity index (χ0n) is 37.4. The van der Waals surface area contributed by atoms with Crippen molar-refractivity contribution in [2.45, 2.75) is 119 Å². The number of unbranched alkanes of at least 4 members (excludes halogenated alkanes) is 3. The predicted octanol–water partition coefficient (Wildman–Crippen LogP) is 15.6. The van der Waals surface area contributed by atoms with Gasteiger partial charge in [0.1, 0.15) is 0 Å². The van der Waals surface area contributed by atoms with Crippen LogP contribution in [-0.4, -0.2) is 14.8 Å². The lowest BCUT2D eigenvalue weighted by Crippen LogP contribution is -2.10. The fourth-order valence-electron chi connectivity index (χ4n) is 8.45. The van der Waals surface area contributed by atoms with E-state index < -0.39 is 0 Å². The van der Waals surface area contributed by atoms with Gasteiger partial charge in [-0.05, 0) is 149 Å². The van der Waals surface area contributed by atoms with Crippen molar-refractivity contribution in [1.29, 1.82) is 0 Å². The molecular formula is C56H63N3. The van der Waals surface area contributed by atoms with Gasteiger partial charge in [0, 0.05) is 11.1 Å². The Labute approximate surface area is 354 Å². The Bertz CT molecular complexity index is 2450. The zero-order chi connectivity index (χ0) is 42.1. The first-order chi connectivity index (χ1) is 28.1. The van der Waals surface area contributed by atoms with Gasteiger partial charge in [-0.2, -0.15) is 0 Å². The third-order valence-corrected chi connectivity index (χ3v) is 11.7. The monoisotopic (exact) mass is 778 g/mol. The Morgan fingerprint density at radius 3 is 1.47 bits per heavy atom. The van der Waals surface area contributed by atoms with Gasteiger partial charge in [-0.15, -0.1) is 5.10 Å². The minimum absolute atomic E-state index is 0.0900. The van der Waals surface area contributed by atoms with Crippen molar-refractivity contribution < 1.29 is 0 Å². The predicted molar refractivity (Wildman–Crippen MR) is 253 cm³/mol. The Balaban J connectivity index is 1.37. The molecule has 0 aliphatic rings. The lowest BCUT2D eigenvalue weighted by Gasteiger charge is -2.20. The summed E-state index contributed by atoms with van der Waals surface area (Å²) in [5.74, 6) is 1.58. The maximum absolute atomic E-state index is 5.36. The number of nitrogens with zero attached hydrogens (tertiary/aromatic N) is 3. The molecule has 0 saturated carbocycles. The van der Waals surface area contributed by atoms with Crippen molar-refractivity contribution in [1.82, 2.24) is 14.8 Å². The van der Waals surface area contributed by atoms with Gasteiger partial charge in [-0.1, -0.05) is 164 Å². The van der Waals surface area contributed by atoms with Gasteiger partial charge in [0.2, 0.25) is 0 Å². The fourth-order valence-corrected chi connectivity index (χ4v) is 8.45. The zero-order valence-corrected chi connectivity index (χ0v) is 37.4. The summed E-state index contributed by atoms with van der Waals surface area (Å²) in [6.07, 6.45) is 6.14. The maximum Gasteiger partial charge on any atom is 0.182 e. The van der Waals surface area contributed by atoms with Crippen LogP contribution >= 0.6 is 0 Å². The molecule has 0 aliphatic carbocycles. The van der Waals surface area contributed by atoms with Gasteiger partial charge >= 0.3 is 0 Å². The van der Waals surface area contributed by atoms with Crippen molar-refractivity contribution in [3.8, 4) is 61.8 Å². The van der Waals surface area contributed by atoms with Crippen LogP contribution in [0.5, 0.6) is 0 Å². The molecule has 7 aromatic rings. The number of aromatic nitrogens is 3. The van der Waals surface area contributed by atoms with E-state index in [1.807, 2.05) is 0 Å². The van der Waals surface area contributed by atoms with Gasteiger partial charge in [0.15, 0.2) is 11.6 Å². The summed E-state index contributed by atoms with van der Waals surface area (Å²) in [6, 6.07) is 45.5. The second-order valence-corrected chi connectivity index (χ2v) is 19.0. The molecule has 3 nitrogen and oxygen atoms in total. The smallest absolute Gasteiger partial charge is 0.182 e. The second kappa shape index (κ2) is 17.0.